The first kappa shape index (κ1) is 8.28. The zero-order valence-electron chi connectivity index (χ0n) is 7.58. The first-order valence-corrected chi connectivity index (χ1v) is 4.33. The third kappa shape index (κ3) is 1.32. The molecule has 0 atom stereocenters. The average Bonchev–Trinajstić information content (AvgIpc) is 2.14. The lowest BCUT2D eigenvalue weighted by atomic mass is 9.81. The molecule has 1 aliphatic rings. The second kappa shape index (κ2) is 2.86. The van der Waals surface area contributed by atoms with Crippen LogP contribution in [0.4, 0.5) is 0 Å². The Kier molecular flexibility index (Phi) is 1.82. The van der Waals surface area contributed by atoms with Crippen LogP contribution in [0.3, 0.4) is 0 Å². The van der Waals surface area contributed by atoms with Gasteiger partial charge in [-0.15, -0.1) is 0 Å². The van der Waals surface area contributed by atoms with Crippen LogP contribution in [0.15, 0.2) is 24.3 Å². The van der Waals surface area contributed by atoms with Gasteiger partial charge in [-0.05, 0) is 17.7 Å². The predicted molar refractivity (Wildman–Crippen MR) is 49.3 cm³/mol. The number of rotatable bonds is 1. The minimum atomic E-state index is 0.175. The van der Waals surface area contributed by atoms with Gasteiger partial charge in [0.05, 0.1) is 24.8 Å². The lowest BCUT2D eigenvalue weighted by molar-refractivity contribution is -0.0500. The molecule has 0 aliphatic carbocycles. The van der Waals surface area contributed by atoms with E-state index in [1.807, 2.05) is 24.3 Å². The van der Waals surface area contributed by atoms with Crippen LogP contribution in [0.1, 0.15) is 18.1 Å². The van der Waals surface area contributed by atoms with Gasteiger partial charge in [-0.2, -0.15) is 5.26 Å². The highest BCUT2D eigenvalue weighted by molar-refractivity contribution is 5.35. The molecule has 13 heavy (non-hydrogen) atoms. The Morgan fingerprint density at radius 1 is 1.31 bits per heavy atom. The molecule has 0 spiro atoms. The average molecular weight is 173 g/mol. The number of nitrogens with zero attached hydrogens (tertiary/aromatic N) is 1. The van der Waals surface area contributed by atoms with Crippen molar-refractivity contribution in [3.8, 4) is 6.07 Å². The van der Waals surface area contributed by atoms with Gasteiger partial charge >= 0.3 is 0 Å². The van der Waals surface area contributed by atoms with Crippen molar-refractivity contribution in [1.82, 2.24) is 0 Å². The van der Waals surface area contributed by atoms with E-state index < -0.39 is 0 Å². The molecule has 66 valence electrons. The molecule has 1 saturated heterocycles. The third-order valence-electron chi connectivity index (χ3n) is 2.55. The van der Waals surface area contributed by atoms with E-state index in [9.17, 15) is 0 Å². The molecule has 0 unspecified atom stereocenters. The Hall–Kier alpha value is -1.33. The van der Waals surface area contributed by atoms with Crippen molar-refractivity contribution in [2.24, 2.45) is 0 Å². The van der Waals surface area contributed by atoms with Gasteiger partial charge in [-0.25, -0.2) is 0 Å². The maximum atomic E-state index is 8.63. The highest BCUT2D eigenvalue weighted by Crippen LogP contribution is 2.31. The summed E-state index contributed by atoms with van der Waals surface area (Å²) in [5.41, 5.74) is 2.15. The van der Waals surface area contributed by atoms with Gasteiger partial charge in [0.1, 0.15) is 0 Å². The fourth-order valence-electron chi connectivity index (χ4n) is 1.52. The molecule has 1 aliphatic heterocycles. The fourth-order valence-corrected chi connectivity index (χ4v) is 1.52. The number of ether oxygens (including phenoxy) is 1. The molecule has 0 radical (unpaired) electrons. The van der Waals surface area contributed by atoms with Crippen molar-refractivity contribution in [2.75, 3.05) is 13.2 Å². The number of nitriles is 1. The van der Waals surface area contributed by atoms with Crippen LogP contribution in [0.5, 0.6) is 0 Å². The van der Waals surface area contributed by atoms with Gasteiger partial charge < -0.3 is 4.74 Å². The van der Waals surface area contributed by atoms with E-state index in [-0.39, 0.29) is 5.41 Å². The van der Waals surface area contributed by atoms with E-state index in [1.54, 1.807) is 0 Å². The lowest BCUT2D eigenvalue weighted by Gasteiger charge is -2.38. The predicted octanol–water partition coefficient (Wildman–Crippen LogP) is 1.85. The lowest BCUT2D eigenvalue weighted by Crippen LogP contribution is -2.43. The SMILES string of the molecule is CC1(c2ccc(C#N)cc2)COC1. The molecular weight excluding hydrogens is 162 g/mol. The van der Waals surface area contributed by atoms with E-state index in [0.29, 0.717) is 5.56 Å². The minimum absolute atomic E-state index is 0.175. The molecule has 0 aromatic heterocycles. The summed E-state index contributed by atoms with van der Waals surface area (Å²) in [6, 6.07) is 9.86. The molecule has 0 saturated carbocycles. The number of hydrogen-bond donors (Lipinski definition) is 0. The van der Waals surface area contributed by atoms with E-state index in [1.165, 1.54) is 5.56 Å². The summed E-state index contributed by atoms with van der Waals surface area (Å²) in [7, 11) is 0. The summed E-state index contributed by atoms with van der Waals surface area (Å²) >= 11 is 0. The largest absolute Gasteiger partial charge is 0.379 e. The molecule has 2 nitrogen and oxygen atoms in total. The van der Waals surface area contributed by atoms with E-state index in [2.05, 4.69) is 13.0 Å². The molecule has 2 heteroatoms. The van der Waals surface area contributed by atoms with E-state index in [4.69, 9.17) is 10.00 Å². The third-order valence-corrected chi connectivity index (χ3v) is 2.55. The summed E-state index contributed by atoms with van der Waals surface area (Å²) in [5, 5.41) is 8.63. The van der Waals surface area contributed by atoms with Gasteiger partial charge in [0, 0.05) is 5.41 Å². The van der Waals surface area contributed by atoms with E-state index in [0.717, 1.165) is 13.2 Å². The summed E-state index contributed by atoms with van der Waals surface area (Å²) in [6.07, 6.45) is 0. The summed E-state index contributed by atoms with van der Waals surface area (Å²) in [4.78, 5) is 0. The summed E-state index contributed by atoms with van der Waals surface area (Å²) in [5.74, 6) is 0. The van der Waals surface area contributed by atoms with Crippen molar-refractivity contribution < 1.29 is 4.74 Å². The fraction of sp³-hybridized carbons (Fsp3) is 0.364. The molecule has 1 fully saturated rings. The van der Waals surface area contributed by atoms with Crippen molar-refractivity contribution in [3.05, 3.63) is 35.4 Å². The van der Waals surface area contributed by atoms with Crippen molar-refractivity contribution in [3.63, 3.8) is 0 Å². The van der Waals surface area contributed by atoms with Crippen molar-refractivity contribution in [1.29, 1.82) is 5.26 Å². The summed E-state index contributed by atoms with van der Waals surface area (Å²) in [6.45, 7) is 3.76. The molecule has 0 bridgehead atoms. The number of benzene rings is 1. The number of hydrogen-bond acceptors (Lipinski definition) is 2. The molecule has 1 aromatic carbocycles. The normalized spacial score (nSPS) is 18.8. The molecule has 1 aromatic rings. The van der Waals surface area contributed by atoms with Gasteiger partial charge in [0.2, 0.25) is 0 Å². The second-order valence-electron chi connectivity index (χ2n) is 3.74. The van der Waals surface area contributed by atoms with Crippen LogP contribution >= 0.6 is 0 Å². The van der Waals surface area contributed by atoms with Crippen molar-refractivity contribution >= 4 is 0 Å². The summed E-state index contributed by atoms with van der Waals surface area (Å²) < 4.78 is 5.18. The Bertz CT molecular complexity index is 343. The van der Waals surface area contributed by atoms with Gasteiger partial charge in [-0.3, -0.25) is 0 Å². The monoisotopic (exact) mass is 173 g/mol. The maximum Gasteiger partial charge on any atom is 0.0991 e. The van der Waals surface area contributed by atoms with Crippen LogP contribution in [0.25, 0.3) is 0 Å². The quantitative estimate of drug-likeness (QED) is 0.649. The molecular formula is C11H11NO. The van der Waals surface area contributed by atoms with Crippen LogP contribution < -0.4 is 0 Å². The van der Waals surface area contributed by atoms with Crippen LogP contribution in [0.2, 0.25) is 0 Å². The van der Waals surface area contributed by atoms with Gasteiger partial charge in [-0.1, -0.05) is 19.1 Å². The Morgan fingerprint density at radius 3 is 2.31 bits per heavy atom. The maximum absolute atomic E-state index is 8.63. The highest BCUT2D eigenvalue weighted by atomic mass is 16.5. The standard InChI is InChI=1S/C11H11NO/c1-11(7-13-8-11)10-4-2-9(6-12)3-5-10/h2-5H,7-8H2,1H3. The van der Waals surface area contributed by atoms with Gasteiger partial charge in [0.25, 0.3) is 0 Å². The highest BCUT2D eigenvalue weighted by Gasteiger charge is 2.34. The molecule has 1 heterocycles. The van der Waals surface area contributed by atoms with Crippen LogP contribution in [-0.2, 0) is 10.2 Å². The molecule has 2 rings (SSSR count). The first-order chi connectivity index (χ1) is 6.24. The van der Waals surface area contributed by atoms with E-state index >= 15 is 0 Å². The second-order valence-corrected chi connectivity index (χ2v) is 3.74. The Labute approximate surface area is 77.8 Å². The van der Waals surface area contributed by atoms with Crippen LogP contribution in [0, 0.1) is 11.3 Å². The zero-order chi connectivity index (χ0) is 9.31. The Morgan fingerprint density at radius 2 is 1.92 bits per heavy atom. The van der Waals surface area contributed by atoms with Gasteiger partial charge in [0.15, 0.2) is 0 Å². The van der Waals surface area contributed by atoms with Crippen LogP contribution in [-0.4, -0.2) is 13.2 Å². The molecule has 0 amide bonds. The topological polar surface area (TPSA) is 33.0 Å². The minimum Gasteiger partial charge on any atom is -0.379 e. The van der Waals surface area contributed by atoms with Crippen molar-refractivity contribution in [2.45, 2.75) is 12.3 Å². The smallest absolute Gasteiger partial charge is 0.0991 e. The first-order valence-electron chi connectivity index (χ1n) is 4.33. The Balaban J connectivity index is 2.28. The zero-order valence-corrected chi connectivity index (χ0v) is 7.58. The molecule has 0 N–H and O–H groups in total.